The van der Waals surface area contributed by atoms with E-state index in [2.05, 4.69) is 4.98 Å². The Kier molecular flexibility index (Phi) is 1.77. The van der Waals surface area contributed by atoms with E-state index >= 15 is 0 Å². The van der Waals surface area contributed by atoms with Crippen molar-refractivity contribution in [3.8, 4) is 0 Å². The minimum atomic E-state index is -0.00708. The molecule has 13 heavy (non-hydrogen) atoms. The molecular formula is C9H8N2OS. The van der Waals surface area contributed by atoms with Crippen molar-refractivity contribution < 1.29 is 4.79 Å². The first-order valence-electron chi connectivity index (χ1n) is 3.83. The number of nitrogens with zero attached hydrogens (tertiary/aromatic N) is 1. The molecule has 0 amide bonds. The molecule has 0 unspecified atom stereocenters. The molecule has 0 saturated heterocycles. The molecule has 2 aromatic heterocycles. The molecule has 4 heteroatoms. The van der Waals surface area contributed by atoms with Crippen LogP contribution in [0.5, 0.6) is 0 Å². The SMILES string of the molecule is CC(=O)c1c(N)cnc2ccsc12. The maximum atomic E-state index is 11.3. The van der Waals surface area contributed by atoms with E-state index in [1.165, 1.54) is 24.5 Å². The number of aromatic nitrogens is 1. The fourth-order valence-electron chi connectivity index (χ4n) is 1.29. The zero-order valence-electron chi connectivity index (χ0n) is 7.07. The van der Waals surface area contributed by atoms with Crippen molar-refractivity contribution in [2.24, 2.45) is 0 Å². The molecule has 0 bridgehead atoms. The number of carbonyl (C=O) groups excluding carboxylic acids is 1. The fraction of sp³-hybridized carbons (Fsp3) is 0.111. The summed E-state index contributed by atoms with van der Waals surface area (Å²) >= 11 is 1.49. The van der Waals surface area contributed by atoms with Gasteiger partial charge in [0.2, 0.25) is 0 Å². The highest BCUT2D eigenvalue weighted by molar-refractivity contribution is 7.17. The Balaban J connectivity index is 2.88. The van der Waals surface area contributed by atoms with Gasteiger partial charge in [0, 0.05) is 0 Å². The highest BCUT2D eigenvalue weighted by Crippen LogP contribution is 2.27. The number of carbonyl (C=O) groups is 1. The summed E-state index contributed by atoms with van der Waals surface area (Å²) in [7, 11) is 0. The van der Waals surface area contributed by atoms with Crippen LogP contribution >= 0.6 is 11.3 Å². The van der Waals surface area contributed by atoms with Crippen LogP contribution in [0.2, 0.25) is 0 Å². The van der Waals surface area contributed by atoms with Crippen LogP contribution in [0.1, 0.15) is 17.3 Å². The number of thiophene rings is 1. The third kappa shape index (κ3) is 1.19. The van der Waals surface area contributed by atoms with Crippen molar-refractivity contribution in [1.29, 1.82) is 0 Å². The van der Waals surface area contributed by atoms with E-state index in [-0.39, 0.29) is 5.78 Å². The van der Waals surface area contributed by atoms with Crippen LogP contribution in [-0.2, 0) is 0 Å². The quantitative estimate of drug-likeness (QED) is 0.704. The zero-order chi connectivity index (χ0) is 9.42. The van der Waals surface area contributed by atoms with Crippen molar-refractivity contribution in [3.05, 3.63) is 23.2 Å². The van der Waals surface area contributed by atoms with E-state index in [4.69, 9.17) is 5.73 Å². The summed E-state index contributed by atoms with van der Waals surface area (Å²) in [6, 6.07) is 1.88. The molecule has 2 N–H and O–H groups in total. The van der Waals surface area contributed by atoms with E-state index in [1.807, 2.05) is 11.4 Å². The Hall–Kier alpha value is -1.42. The zero-order valence-corrected chi connectivity index (χ0v) is 7.89. The number of fused-ring (bicyclic) bond motifs is 1. The van der Waals surface area contributed by atoms with Gasteiger partial charge in [-0.05, 0) is 18.4 Å². The highest BCUT2D eigenvalue weighted by atomic mass is 32.1. The van der Waals surface area contributed by atoms with Crippen molar-refractivity contribution in [2.75, 3.05) is 5.73 Å². The third-order valence-corrected chi connectivity index (χ3v) is 2.78. The lowest BCUT2D eigenvalue weighted by Gasteiger charge is -2.01. The first-order valence-corrected chi connectivity index (χ1v) is 4.70. The van der Waals surface area contributed by atoms with Crippen LogP contribution in [0.4, 0.5) is 5.69 Å². The van der Waals surface area contributed by atoms with Gasteiger partial charge < -0.3 is 5.73 Å². The largest absolute Gasteiger partial charge is 0.397 e. The molecule has 0 atom stereocenters. The smallest absolute Gasteiger partial charge is 0.163 e. The number of hydrogen-bond acceptors (Lipinski definition) is 4. The maximum Gasteiger partial charge on any atom is 0.163 e. The normalized spacial score (nSPS) is 10.5. The Morgan fingerprint density at radius 1 is 1.62 bits per heavy atom. The summed E-state index contributed by atoms with van der Waals surface area (Å²) in [6.07, 6.45) is 1.53. The van der Waals surface area contributed by atoms with E-state index in [0.29, 0.717) is 11.3 Å². The Morgan fingerprint density at radius 3 is 3.08 bits per heavy atom. The molecule has 0 aliphatic carbocycles. The van der Waals surface area contributed by atoms with Crippen LogP contribution in [0, 0.1) is 0 Å². The third-order valence-electron chi connectivity index (χ3n) is 1.85. The van der Waals surface area contributed by atoms with E-state index < -0.39 is 0 Å². The molecule has 0 aliphatic rings. The van der Waals surface area contributed by atoms with Gasteiger partial charge in [0.25, 0.3) is 0 Å². The first kappa shape index (κ1) is 8.19. The number of nitrogen functional groups attached to an aromatic ring is 1. The average Bonchev–Trinajstić information content (AvgIpc) is 2.50. The van der Waals surface area contributed by atoms with Gasteiger partial charge in [-0.1, -0.05) is 0 Å². The number of nitrogens with two attached hydrogens (primary N) is 1. The van der Waals surface area contributed by atoms with Gasteiger partial charge in [0.05, 0.1) is 27.7 Å². The number of rotatable bonds is 1. The predicted octanol–water partition coefficient (Wildman–Crippen LogP) is 2.08. The standard InChI is InChI=1S/C9H8N2OS/c1-5(12)8-6(10)4-11-7-2-3-13-9(7)8/h2-4H,10H2,1H3. The molecule has 0 spiro atoms. The van der Waals surface area contributed by atoms with Crippen molar-refractivity contribution in [2.45, 2.75) is 6.92 Å². The molecule has 0 saturated carbocycles. The van der Waals surface area contributed by atoms with E-state index in [1.54, 1.807) is 0 Å². The molecule has 0 aromatic carbocycles. The number of hydrogen-bond donors (Lipinski definition) is 1. The predicted molar refractivity (Wildman–Crippen MR) is 54.0 cm³/mol. The Labute approximate surface area is 79.2 Å². The molecule has 0 aliphatic heterocycles. The van der Waals surface area contributed by atoms with Crippen molar-refractivity contribution >= 4 is 33.0 Å². The lowest BCUT2D eigenvalue weighted by Crippen LogP contribution is -2.00. The van der Waals surface area contributed by atoms with Crippen molar-refractivity contribution in [1.82, 2.24) is 4.98 Å². The number of ketones is 1. The molecule has 66 valence electrons. The second-order valence-corrected chi connectivity index (χ2v) is 3.70. The lowest BCUT2D eigenvalue weighted by atomic mass is 10.1. The maximum absolute atomic E-state index is 11.3. The Bertz CT molecular complexity index is 475. The Morgan fingerprint density at radius 2 is 2.38 bits per heavy atom. The van der Waals surface area contributed by atoms with Crippen molar-refractivity contribution in [3.63, 3.8) is 0 Å². The minimum absolute atomic E-state index is 0.00708. The van der Waals surface area contributed by atoms with Gasteiger partial charge in [0.15, 0.2) is 5.78 Å². The second-order valence-electron chi connectivity index (χ2n) is 2.78. The second kappa shape index (κ2) is 2.81. The van der Waals surface area contributed by atoms with Crippen LogP contribution in [0.25, 0.3) is 10.2 Å². The average molecular weight is 192 g/mol. The van der Waals surface area contributed by atoms with Crippen LogP contribution in [-0.4, -0.2) is 10.8 Å². The molecule has 0 radical (unpaired) electrons. The van der Waals surface area contributed by atoms with Gasteiger partial charge >= 0.3 is 0 Å². The molecule has 2 rings (SSSR count). The van der Waals surface area contributed by atoms with Gasteiger partial charge in [0.1, 0.15) is 0 Å². The van der Waals surface area contributed by atoms with Gasteiger partial charge in [-0.2, -0.15) is 0 Å². The summed E-state index contributed by atoms with van der Waals surface area (Å²) in [5.74, 6) is -0.00708. The van der Waals surface area contributed by atoms with E-state index in [0.717, 1.165) is 10.2 Å². The number of pyridine rings is 1. The summed E-state index contributed by atoms with van der Waals surface area (Å²) in [5, 5.41) is 1.91. The van der Waals surface area contributed by atoms with Gasteiger partial charge in [-0.15, -0.1) is 11.3 Å². The lowest BCUT2D eigenvalue weighted by molar-refractivity contribution is 0.102. The summed E-state index contributed by atoms with van der Waals surface area (Å²) < 4.78 is 0.882. The van der Waals surface area contributed by atoms with Gasteiger partial charge in [-0.25, -0.2) is 0 Å². The van der Waals surface area contributed by atoms with Crippen LogP contribution in [0.3, 0.4) is 0 Å². The van der Waals surface area contributed by atoms with Gasteiger partial charge in [-0.3, -0.25) is 9.78 Å². The van der Waals surface area contributed by atoms with Crippen LogP contribution in [0.15, 0.2) is 17.6 Å². The summed E-state index contributed by atoms with van der Waals surface area (Å²) in [5.41, 5.74) is 7.57. The molecule has 0 fully saturated rings. The molecule has 3 nitrogen and oxygen atoms in total. The summed E-state index contributed by atoms with van der Waals surface area (Å²) in [4.78, 5) is 15.4. The minimum Gasteiger partial charge on any atom is -0.397 e. The fourth-order valence-corrected chi connectivity index (χ4v) is 2.24. The highest BCUT2D eigenvalue weighted by Gasteiger charge is 2.11. The van der Waals surface area contributed by atoms with Crippen LogP contribution < -0.4 is 5.73 Å². The molecule has 2 heterocycles. The molecule has 2 aromatic rings. The van der Waals surface area contributed by atoms with E-state index in [9.17, 15) is 4.79 Å². The summed E-state index contributed by atoms with van der Waals surface area (Å²) in [6.45, 7) is 1.52. The number of anilines is 1. The topological polar surface area (TPSA) is 56.0 Å². The first-order chi connectivity index (χ1) is 6.20. The number of Topliss-reactive ketones (excluding diaryl/α,β-unsaturated/α-hetero) is 1. The monoisotopic (exact) mass is 192 g/mol. The molecular weight excluding hydrogens is 184 g/mol.